The number of rotatable bonds is 5. The standard InChI is InChI=1S/C24H30N2O2/c1-28-19-23(27)26-16-12-21-9-5-6-10-22(21)24(26)13-17-25(18-14-24)15-11-20-7-3-2-4-8-20/h2-10H,11-19H2,1H3. The normalized spacial score (nSPS) is 18.8. The van der Waals surface area contributed by atoms with Gasteiger partial charge in [0, 0.05) is 33.3 Å². The van der Waals surface area contributed by atoms with Gasteiger partial charge in [0.25, 0.3) is 0 Å². The molecule has 1 saturated heterocycles. The maximum absolute atomic E-state index is 12.9. The van der Waals surface area contributed by atoms with Crippen molar-refractivity contribution >= 4 is 5.91 Å². The van der Waals surface area contributed by atoms with E-state index >= 15 is 0 Å². The summed E-state index contributed by atoms with van der Waals surface area (Å²) < 4.78 is 5.19. The van der Waals surface area contributed by atoms with Crippen LogP contribution in [0.2, 0.25) is 0 Å². The van der Waals surface area contributed by atoms with Crippen molar-refractivity contribution < 1.29 is 9.53 Å². The summed E-state index contributed by atoms with van der Waals surface area (Å²) in [4.78, 5) is 17.5. The zero-order valence-corrected chi connectivity index (χ0v) is 16.8. The molecule has 0 radical (unpaired) electrons. The third kappa shape index (κ3) is 3.71. The topological polar surface area (TPSA) is 32.8 Å². The molecule has 1 amide bonds. The zero-order chi connectivity index (χ0) is 19.4. The highest BCUT2D eigenvalue weighted by Crippen LogP contribution is 2.43. The fourth-order valence-corrected chi connectivity index (χ4v) is 4.97. The SMILES string of the molecule is COCC(=O)N1CCc2ccccc2C12CCN(CCc1ccccc1)CC2. The average molecular weight is 379 g/mol. The molecule has 2 aliphatic heterocycles. The van der Waals surface area contributed by atoms with Gasteiger partial charge in [-0.1, -0.05) is 54.6 Å². The van der Waals surface area contributed by atoms with Crippen molar-refractivity contribution in [3.8, 4) is 0 Å². The van der Waals surface area contributed by atoms with Crippen LogP contribution in [0.15, 0.2) is 54.6 Å². The van der Waals surface area contributed by atoms with Gasteiger partial charge in [0.15, 0.2) is 0 Å². The lowest BCUT2D eigenvalue weighted by molar-refractivity contribution is -0.145. The van der Waals surface area contributed by atoms with Crippen molar-refractivity contribution in [1.82, 2.24) is 9.80 Å². The fraction of sp³-hybridized carbons (Fsp3) is 0.458. The molecule has 1 spiro atoms. The molecule has 0 N–H and O–H groups in total. The lowest BCUT2D eigenvalue weighted by Gasteiger charge is -2.52. The van der Waals surface area contributed by atoms with Crippen LogP contribution in [0.3, 0.4) is 0 Å². The van der Waals surface area contributed by atoms with Gasteiger partial charge < -0.3 is 14.5 Å². The van der Waals surface area contributed by atoms with E-state index < -0.39 is 0 Å². The van der Waals surface area contributed by atoms with E-state index in [1.807, 2.05) is 0 Å². The van der Waals surface area contributed by atoms with Gasteiger partial charge in [-0.3, -0.25) is 4.79 Å². The Morgan fingerprint density at radius 2 is 1.71 bits per heavy atom. The van der Waals surface area contributed by atoms with Crippen LogP contribution in [0.1, 0.15) is 29.5 Å². The summed E-state index contributed by atoms with van der Waals surface area (Å²) in [5.41, 5.74) is 3.98. The van der Waals surface area contributed by atoms with Gasteiger partial charge in [-0.2, -0.15) is 0 Å². The molecule has 4 heteroatoms. The number of carbonyl (C=O) groups is 1. The Hall–Kier alpha value is -2.17. The predicted octanol–water partition coefficient (Wildman–Crippen LogP) is 3.25. The van der Waals surface area contributed by atoms with Crippen molar-refractivity contribution in [3.63, 3.8) is 0 Å². The lowest BCUT2D eigenvalue weighted by Crippen LogP contribution is -2.59. The smallest absolute Gasteiger partial charge is 0.249 e. The Morgan fingerprint density at radius 3 is 2.46 bits per heavy atom. The first-order chi connectivity index (χ1) is 13.7. The van der Waals surface area contributed by atoms with Crippen LogP contribution in [0.4, 0.5) is 0 Å². The molecule has 0 bridgehead atoms. The molecule has 0 atom stereocenters. The number of amides is 1. The van der Waals surface area contributed by atoms with E-state index in [9.17, 15) is 4.79 Å². The number of ether oxygens (including phenoxy) is 1. The second-order valence-electron chi connectivity index (χ2n) is 7.99. The third-order valence-electron chi connectivity index (χ3n) is 6.45. The minimum atomic E-state index is -0.173. The Bertz CT molecular complexity index is 797. The maximum atomic E-state index is 12.9. The molecule has 2 aromatic carbocycles. The van der Waals surface area contributed by atoms with Crippen molar-refractivity contribution in [2.24, 2.45) is 0 Å². The van der Waals surface area contributed by atoms with Crippen LogP contribution in [-0.4, -0.2) is 55.6 Å². The van der Waals surface area contributed by atoms with Gasteiger partial charge >= 0.3 is 0 Å². The van der Waals surface area contributed by atoms with Gasteiger partial charge in [-0.05, 0) is 42.4 Å². The first kappa shape index (κ1) is 19.2. The van der Waals surface area contributed by atoms with E-state index in [-0.39, 0.29) is 18.1 Å². The number of carbonyl (C=O) groups excluding carboxylic acids is 1. The number of methoxy groups -OCH3 is 1. The van der Waals surface area contributed by atoms with Gasteiger partial charge in [0.2, 0.25) is 5.91 Å². The predicted molar refractivity (Wildman–Crippen MR) is 111 cm³/mol. The van der Waals surface area contributed by atoms with Crippen molar-refractivity contribution in [3.05, 3.63) is 71.3 Å². The first-order valence-electron chi connectivity index (χ1n) is 10.4. The second-order valence-corrected chi connectivity index (χ2v) is 7.99. The number of benzene rings is 2. The van der Waals surface area contributed by atoms with Crippen LogP contribution < -0.4 is 0 Å². The van der Waals surface area contributed by atoms with Crippen molar-refractivity contribution in [1.29, 1.82) is 0 Å². The Morgan fingerprint density at radius 1 is 1.00 bits per heavy atom. The van der Waals surface area contributed by atoms with Gasteiger partial charge in [-0.15, -0.1) is 0 Å². The molecule has 2 heterocycles. The summed E-state index contributed by atoms with van der Waals surface area (Å²) in [5, 5.41) is 0. The number of fused-ring (bicyclic) bond motifs is 2. The summed E-state index contributed by atoms with van der Waals surface area (Å²) in [6.07, 6.45) is 4.00. The molecule has 4 nitrogen and oxygen atoms in total. The Labute approximate surface area is 168 Å². The minimum Gasteiger partial charge on any atom is -0.375 e. The van der Waals surface area contributed by atoms with Crippen LogP contribution >= 0.6 is 0 Å². The molecule has 4 rings (SSSR count). The molecule has 1 fully saturated rings. The molecule has 2 aliphatic rings. The third-order valence-corrected chi connectivity index (χ3v) is 6.45. The van der Waals surface area contributed by atoms with Crippen LogP contribution in [-0.2, 0) is 27.9 Å². The highest BCUT2D eigenvalue weighted by atomic mass is 16.5. The number of nitrogens with zero attached hydrogens (tertiary/aromatic N) is 2. The van der Waals surface area contributed by atoms with E-state index in [0.717, 1.165) is 51.9 Å². The Kier molecular flexibility index (Phi) is 5.79. The molecule has 0 aliphatic carbocycles. The largest absolute Gasteiger partial charge is 0.375 e. The van der Waals surface area contributed by atoms with Gasteiger partial charge in [0.05, 0.1) is 5.54 Å². The summed E-state index contributed by atoms with van der Waals surface area (Å²) in [6, 6.07) is 19.4. The second kappa shape index (κ2) is 8.46. The van der Waals surface area contributed by atoms with Gasteiger partial charge in [-0.25, -0.2) is 0 Å². The highest BCUT2D eigenvalue weighted by Gasteiger charge is 2.46. The minimum absolute atomic E-state index is 0.120. The highest BCUT2D eigenvalue weighted by molar-refractivity contribution is 5.79. The molecule has 0 aromatic heterocycles. The van der Waals surface area contributed by atoms with E-state index in [4.69, 9.17) is 4.74 Å². The van der Waals surface area contributed by atoms with Crippen molar-refractivity contribution in [2.75, 3.05) is 39.9 Å². The molecule has 148 valence electrons. The number of piperidine rings is 1. The summed E-state index contributed by atoms with van der Waals surface area (Å²) in [5.74, 6) is 0.120. The van der Waals surface area contributed by atoms with Crippen LogP contribution in [0.5, 0.6) is 0 Å². The lowest BCUT2D eigenvalue weighted by atomic mass is 9.74. The molecular formula is C24H30N2O2. The van der Waals surface area contributed by atoms with Crippen LogP contribution in [0.25, 0.3) is 0 Å². The number of hydrogen-bond donors (Lipinski definition) is 0. The summed E-state index contributed by atoms with van der Waals surface area (Å²) in [6.45, 7) is 4.09. The molecule has 2 aromatic rings. The molecular weight excluding hydrogens is 348 g/mol. The van der Waals surface area contributed by atoms with E-state index in [1.54, 1.807) is 7.11 Å². The number of likely N-dealkylation sites (tertiary alicyclic amines) is 1. The van der Waals surface area contributed by atoms with Gasteiger partial charge in [0.1, 0.15) is 6.61 Å². The molecule has 0 unspecified atom stereocenters. The first-order valence-corrected chi connectivity index (χ1v) is 10.4. The van der Waals surface area contributed by atoms with E-state index in [2.05, 4.69) is 64.4 Å². The Balaban J connectivity index is 1.50. The number of hydrogen-bond acceptors (Lipinski definition) is 3. The molecule has 0 saturated carbocycles. The quantitative estimate of drug-likeness (QED) is 0.801. The summed E-state index contributed by atoms with van der Waals surface area (Å²) in [7, 11) is 1.61. The van der Waals surface area contributed by atoms with Crippen molar-refractivity contribution in [2.45, 2.75) is 31.2 Å². The molecule has 28 heavy (non-hydrogen) atoms. The van der Waals surface area contributed by atoms with E-state index in [1.165, 1.54) is 16.7 Å². The summed E-state index contributed by atoms with van der Waals surface area (Å²) >= 11 is 0. The maximum Gasteiger partial charge on any atom is 0.249 e. The van der Waals surface area contributed by atoms with Crippen LogP contribution in [0, 0.1) is 0 Å². The monoisotopic (exact) mass is 378 g/mol. The fourth-order valence-electron chi connectivity index (χ4n) is 4.97. The van der Waals surface area contributed by atoms with E-state index in [0.29, 0.717) is 0 Å². The average Bonchev–Trinajstić information content (AvgIpc) is 2.75. The zero-order valence-electron chi connectivity index (χ0n) is 16.8.